The van der Waals surface area contributed by atoms with Crippen molar-refractivity contribution in [3.8, 4) is 0 Å². The fourth-order valence-electron chi connectivity index (χ4n) is 1.85. The van der Waals surface area contributed by atoms with Crippen molar-refractivity contribution in [1.29, 1.82) is 0 Å². The van der Waals surface area contributed by atoms with Gasteiger partial charge in [0.15, 0.2) is 0 Å². The highest BCUT2D eigenvalue weighted by Crippen LogP contribution is 2.36. The molecule has 90 valence electrons. The number of halogens is 2. The summed E-state index contributed by atoms with van der Waals surface area (Å²) in [5, 5.41) is 4.53. The number of nitrogens with zero attached hydrogens (tertiary/aromatic N) is 2. The minimum Gasteiger partial charge on any atom is -0.382 e. The molecule has 1 aliphatic rings. The van der Waals surface area contributed by atoms with Gasteiger partial charge in [0, 0.05) is 6.54 Å². The lowest BCUT2D eigenvalue weighted by molar-refractivity contribution is 0.761. The maximum Gasteiger partial charge on any atom is 0.130 e. The van der Waals surface area contributed by atoms with Gasteiger partial charge in [-0.3, -0.25) is 0 Å². The molecule has 1 aliphatic carbocycles. The van der Waals surface area contributed by atoms with E-state index in [9.17, 15) is 0 Å². The SMILES string of the molecule is Clc1cc(Cl)c2nsnc2c1NCCC1CC1. The van der Waals surface area contributed by atoms with Crippen LogP contribution in [0.1, 0.15) is 19.3 Å². The summed E-state index contributed by atoms with van der Waals surface area (Å²) in [6.07, 6.45) is 3.92. The van der Waals surface area contributed by atoms with Crippen molar-refractivity contribution in [2.45, 2.75) is 19.3 Å². The average molecular weight is 288 g/mol. The Kier molecular flexibility index (Phi) is 3.11. The second-order valence-corrected chi connectivity index (χ2v) is 5.68. The number of benzene rings is 1. The van der Waals surface area contributed by atoms with Gasteiger partial charge in [0.25, 0.3) is 0 Å². The highest BCUT2D eigenvalue weighted by molar-refractivity contribution is 7.00. The van der Waals surface area contributed by atoms with E-state index in [0.717, 1.165) is 40.9 Å². The fraction of sp³-hybridized carbons (Fsp3) is 0.455. The van der Waals surface area contributed by atoms with Crippen molar-refractivity contribution < 1.29 is 0 Å². The Hall–Kier alpha value is -0.580. The number of hydrogen-bond donors (Lipinski definition) is 1. The summed E-state index contributed by atoms with van der Waals surface area (Å²) in [7, 11) is 0. The van der Waals surface area contributed by atoms with Crippen molar-refractivity contribution in [2.24, 2.45) is 5.92 Å². The molecule has 3 nitrogen and oxygen atoms in total. The number of fused-ring (bicyclic) bond motifs is 1. The van der Waals surface area contributed by atoms with E-state index in [2.05, 4.69) is 14.1 Å². The molecular weight excluding hydrogens is 277 g/mol. The molecule has 1 heterocycles. The van der Waals surface area contributed by atoms with Gasteiger partial charge >= 0.3 is 0 Å². The maximum absolute atomic E-state index is 6.19. The lowest BCUT2D eigenvalue weighted by Crippen LogP contribution is -2.03. The Balaban J connectivity index is 1.87. The Morgan fingerprint density at radius 2 is 2.00 bits per heavy atom. The van der Waals surface area contributed by atoms with Crippen molar-refractivity contribution in [2.75, 3.05) is 11.9 Å². The van der Waals surface area contributed by atoms with Gasteiger partial charge in [-0.2, -0.15) is 8.75 Å². The second kappa shape index (κ2) is 4.59. The predicted molar refractivity (Wildman–Crippen MR) is 73.3 cm³/mol. The Bertz CT molecular complexity index is 551. The van der Waals surface area contributed by atoms with Gasteiger partial charge in [-0.05, 0) is 18.4 Å². The average Bonchev–Trinajstić information content (AvgIpc) is 2.98. The van der Waals surface area contributed by atoms with Crippen molar-refractivity contribution in [3.05, 3.63) is 16.1 Å². The zero-order valence-corrected chi connectivity index (χ0v) is 11.4. The molecule has 1 aromatic carbocycles. The van der Waals surface area contributed by atoms with E-state index < -0.39 is 0 Å². The Labute approximate surface area is 113 Å². The highest BCUT2D eigenvalue weighted by Gasteiger charge is 2.21. The first kappa shape index (κ1) is 11.5. The van der Waals surface area contributed by atoms with E-state index in [-0.39, 0.29) is 0 Å². The summed E-state index contributed by atoms with van der Waals surface area (Å²) in [4.78, 5) is 0. The van der Waals surface area contributed by atoms with Crippen molar-refractivity contribution >= 4 is 51.7 Å². The van der Waals surface area contributed by atoms with Gasteiger partial charge < -0.3 is 5.32 Å². The summed E-state index contributed by atoms with van der Waals surface area (Å²) >= 11 is 13.4. The molecule has 1 N–H and O–H groups in total. The van der Waals surface area contributed by atoms with E-state index in [4.69, 9.17) is 23.2 Å². The minimum atomic E-state index is 0.562. The van der Waals surface area contributed by atoms with Crippen LogP contribution >= 0.6 is 34.9 Å². The fourth-order valence-corrected chi connectivity index (χ4v) is 3.03. The number of anilines is 1. The van der Waals surface area contributed by atoms with Crippen LogP contribution in [0.15, 0.2) is 6.07 Å². The topological polar surface area (TPSA) is 37.8 Å². The van der Waals surface area contributed by atoms with E-state index >= 15 is 0 Å². The molecule has 17 heavy (non-hydrogen) atoms. The molecule has 3 rings (SSSR count). The third-order valence-electron chi connectivity index (χ3n) is 3.00. The zero-order chi connectivity index (χ0) is 11.8. The van der Waals surface area contributed by atoms with Crippen molar-refractivity contribution in [3.63, 3.8) is 0 Å². The Morgan fingerprint density at radius 3 is 2.76 bits per heavy atom. The highest BCUT2D eigenvalue weighted by atomic mass is 35.5. The van der Waals surface area contributed by atoms with Gasteiger partial charge in [0.1, 0.15) is 11.0 Å². The molecule has 2 aromatic rings. The van der Waals surface area contributed by atoms with Crippen LogP contribution in [0.25, 0.3) is 11.0 Å². The molecule has 0 bridgehead atoms. The quantitative estimate of drug-likeness (QED) is 0.915. The first-order valence-electron chi connectivity index (χ1n) is 5.60. The maximum atomic E-state index is 6.19. The first-order chi connectivity index (χ1) is 8.25. The molecule has 0 spiro atoms. The summed E-state index contributed by atoms with van der Waals surface area (Å²) in [5.74, 6) is 0.901. The number of nitrogens with one attached hydrogen (secondary N) is 1. The van der Waals surface area contributed by atoms with Gasteiger partial charge in [-0.25, -0.2) is 0 Å². The van der Waals surface area contributed by atoms with E-state index in [1.807, 2.05) is 0 Å². The van der Waals surface area contributed by atoms with E-state index in [1.165, 1.54) is 19.3 Å². The normalized spacial score (nSPS) is 15.4. The summed E-state index contributed by atoms with van der Waals surface area (Å²) in [6, 6.07) is 1.73. The largest absolute Gasteiger partial charge is 0.382 e. The molecule has 0 radical (unpaired) electrons. The summed E-state index contributed by atoms with van der Waals surface area (Å²) in [6.45, 7) is 0.929. The first-order valence-corrected chi connectivity index (χ1v) is 7.08. The van der Waals surface area contributed by atoms with Crippen LogP contribution in [0.3, 0.4) is 0 Å². The molecule has 0 aliphatic heterocycles. The van der Waals surface area contributed by atoms with Crippen LogP contribution < -0.4 is 5.32 Å². The number of aromatic nitrogens is 2. The minimum absolute atomic E-state index is 0.562. The number of rotatable bonds is 4. The molecule has 1 fully saturated rings. The lowest BCUT2D eigenvalue weighted by Gasteiger charge is -2.09. The van der Waals surface area contributed by atoms with E-state index in [0.29, 0.717) is 10.0 Å². The smallest absolute Gasteiger partial charge is 0.130 e. The van der Waals surface area contributed by atoms with Gasteiger partial charge in [0.2, 0.25) is 0 Å². The van der Waals surface area contributed by atoms with Gasteiger partial charge in [0.05, 0.1) is 27.5 Å². The third-order valence-corrected chi connectivity index (χ3v) is 4.11. The van der Waals surface area contributed by atoms with Gasteiger partial charge in [-0.15, -0.1) is 0 Å². The summed E-state index contributed by atoms with van der Waals surface area (Å²) < 4.78 is 8.43. The predicted octanol–water partition coefficient (Wildman–Crippen LogP) is 4.21. The Morgan fingerprint density at radius 1 is 1.24 bits per heavy atom. The molecule has 1 saturated carbocycles. The number of hydrogen-bond acceptors (Lipinski definition) is 4. The van der Waals surface area contributed by atoms with Crippen LogP contribution in [-0.4, -0.2) is 15.3 Å². The molecule has 0 saturated heterocycles. The zero-order valence-electron chi connectivity index (χ0n) is 9.04. The van der Waals surface area contributed by atoms with Crippen LogP contribution in [0.5, 0.6) is 0 Å². The van der Waals surface area contributed by atoms with Crippen molar-refractivity contribution in [1.82, 2.24) is 8.75 Å². The monoisotopic (exact) mass is 287 g/mol. The van der Waals surface area contributed by atoms with Crippen LogP contribution in [0.2, 0.25) is 10.0 Å². The van der Waals surface area contributed by atoms with Gasteiger partial charge in [-0.1, -0.05) is 36.0 Å². The summed E-state index contributed by atoms with van der Waals surface area (Å²) in [5.41, 5.74) is 2.37. The lowest BCUT2D eigenvalue weighted by atomic mass is 10.2. The molecule has 6 heteroatoms. The molecule has 0 unspecified atom stereocenters. The molecule has 0 amide bonds. The standard InChI is InChI=1S/C11H11Cl2N3S/c12-7-5-8(13)10-11(16-17-15-10)9(7)14-4-3-6-1-2-6/h5-6,14H,1-4H2. The van der Waals surface area contributed by atoms with Crippen LogP contribution in [0.4, 0.5) is 5.69 Å². The molecular formula is C11H11Cl2N3S. The van der Waals surface area contributed by atoms with Crippen LogP contribution in [0, 0.1) is 5.92 Å². The third kappa shape index (κ3) is 2.34. The van der Waals surface area contributed by atoms with E-state index in [1.54, 1.807) is 6.07 Å². The van der Waals surface area contributed by atoms with Crippen LogP contribution in [-0.2, 0) is 0 Å². The molecule has 0 atom stereocenters. The molecule has 1 aromatic heterocycles. The second-order valence-electron chi connectivity index (χ2n) is 4.34.